The number of carbonyl (C=O) groups excluding carboxylic acids is 1. The molecule has 0 aliphatic rings. The third-order valence-corrected chi connectivity index (χ3v) is 5.45. The van der Waals surface area contributed by atoms with Gasteiger partial charge in [0.1, 0.15) is 0 Å². The maximum atomic E-state index is 12.8. The van der Waals surface area contributed by atoms with Crippen LogP contribution in [0.1, 0.15) is 27.9 Å². The van der Waals surface area contributed by atoms with E-state index in [1.807, 2.05) is 19.1 Å². The van der Waals surface area contributed by atoms with Crippen LogP contribution < -0.4 is 4.72 Å². The van der Waals surface area contributed by atoms with E-state index in [0.717, 1.165) is 5.56 Å². The van der Waals surface area contributed by atoms with E-state index in [-0.39, 0.29) is 35.0 Å². The summed E-state index contributed by atoms with van der Waals surface area (Å²) in [7, 11) is -2.26. The molecule has 7 heteroatoms. The molecule has 2 aromatic rings. The highest BCUT2D eigenvalue weighted by Gasteiger charge is 2.21. The van der Waals surface area contributed by atoms with E-state index < -0.39 is 10.0 Å². The summed E-state index contributed by atoms with van der Waals surface area (Å²) >= 11 is 0. The number of nitriles is 1. The Balaban J connectivity index is 2.37. The minimum atomic E-state index is -3.84. The number of aryl methyl sites for hydroxylation is 2. The van der Waals surface area contributed by atoms with Crippen molar-refractivity contribution < 1.29 is 13.2 Å². The number of nitrogens with zero attached hydrogens (tertiary/aromatic N) is 2. The smallest absolute Gasteiger partial charge is 0.262 e. The van der Waals surface area contributed by atoms with Crippen molar-refractivity contribution in [1.82, 2.24) is 4.90 Å². The SMILES string of the molecule is Cc1ccc(C)c(S(=O)(=O)Nc2ccccc2C(=O)N(C)CCC#N)c1. The Hall–Kier alpha value is -2.85. The average Bonchev–Trinajstić information content (AvgIpc) is 2.61. The normalized spacial score (nSPS) is 10.8. The van der Waals surface area contributed by atoms with E-state index in [4.69, 9.17) is 5.26 Å². The highest BCUT2D eigenvalue weighted by Crippen LogP contribution is 2.23. The largest absolute Gasteiger partial charge is 0.341 e. The van der Waals surface area contributed by atoms with Gasteiger partial charge in [0.15, 0.2) is 0 Å². The molecule has 0 bridgehead atoms. The molecule has 0 radical (unpaired) electrons. The molecule has 0 saturated carbocycles. The quantitative estimate of drug-likeness (QED) is 0.845. The third-order valence-electron chi connectivity index (χ3n) is 3.94. The number of anilines is 1. The zero-order valence-corrected chi connectivity index (χ0v) is 15.8. The second-order valence-corrected chi connectivity index (χ2v) is 7.71. The van der Waals surface area contributed by atoms with Gasteiger partial charge in [-0.2, -0.15) is 5.26 Å². The molecule has 0 aliphatic carbocycles. The molecule has 0 heterocycles. The molecule has 0 unspecified atom stereocenters. The Labute approximate surface area is 154 Å². The van der Waals surface area contributed by atoms with Crippen LogP contribution in [0.4, 0.5) is 5.69 Å². The van der Waals surface area contributed by atoms with Crippen molar-refractivity contribution in [3.63, 3.8) is 0 Å². The fourth-order valence-corrected chi connectivity index (χ4v) is 3.89. The van der Waals surface area contributed by atoms with Crippen molar-refractivity contribution >= 4 is 21.6 Å². The van der Waals surface area contributed by atoms with Crippen LogP contribution in [0, 0.1) is 25.2 Å². The maximum Gasteiger partial charge on any atom is 0.262 e. The highest BCUT2D eigenvalue weighted by atomic mass is 32.2. The molecule has 2 rings (SSSR count). The molecular formula is C19H21N3O3S. The second-order valence-electron chi connectivity index (χ2n) is 6.05. The van der Waals surface area contributed by atoms with Crippen molar-refractivity contribution in [2.24, 2.45) is 0 Å². The number of hydrogen-bond donors (Lipinski definition) is 1. The van der Waals surface area contributed by atoms with Crippen LogP contribution in [0.2, 0.25) is 0 Å². The molecule has 0 aromatic heterocycles. The monoisotopic (exact) mass is 371 g/mol. The first kappa shape index (κ1) is 19.5. The van der Waals surface area contributed by atoms with Crippen LogP contribution in [-0.2, 0) is 10.0 Å². The van der Waals surface area contributed by atoms with Crippen molar-refractivity contribution in [3.8, 4) is 6.07 Å². The van der Waals surface area contributed by atoms with Crippen LogP contribution in [0.5, 0.6) is 0 Å². The third kappa shape index (κ3) is 4.41. The number of amides is 1. The van der Waals surface area contributed by atoms with Crippen molar-refractivity contribution in [1.29, 1.82) is 5.26 Å². The molecule has 136 valence electrons. The van der Waals surface area contributed by atoms with Gasteiger partial charge in [0.2, 0.25) is 0 Å². The zero-order chi connectivity index (χ0) is 19.3. The highest BCUT2D eigenvalue weighted by molar-refractivity contribution is 7.92. The van der Waals surface area contributed by atoms with Crippen LogP contribution in [0.15, 0.2) is 47.4 Å². The maximum absolute atomic E-state index is 12.8. The van der Waals surface area contributed by atoms with Crippen molar-refractivity contribution in [2.75, 3.05) is 18.3 Å². The van der Waals surface area contributed by atoms with E-state index in [1.54, 1.807) is 50.4 Å². The zero-order valence-electron chi connectivity index (χ0n) is 15.0. The topological polar surface area (TPSA) is 90.3 Å². The number of carbonyl (C=O) groups is 1. The van der Waals surface area contributed by atoms with Gasteiger partial charge in [-0.15, -0.1) is 0 Å². The van der Waals surface area contributed by atoms with E-state index in [2.05, 4.69) is 4.72 Å². The van der Waals surface area contributed by atoms with Gasteiger partial charge in [-0.05, 0) is 43.2 Å². The van der Waals surface area contributed by atoms with Gasteiger partial charge in [0.05, 0.1) is 28.6 Å². The molecule has 6 nitrogen and oxygen atoms in total. The fourth-order valence-electron chi connectivity index (χ4n) is 2.48. The minimum absolute atomic E-state index is 0.178. The molecular weight excluding hydrogens is 350 g/mol. The lowest BCUT2D eigenvalue weighted by Crippen LogP contribution is -2.28. The van der Waals surface area contributed by atoms with Crippen LogP contribution in [-0.4, -0.2) is 32.8 Å². The lowest BCUT2D eigenvalue weighted by atomic mass is 10.1. The molecule has 2 aromatic carbocycles. The van der Waals surface area contributed by atoms with Crippen molar-refractivity contribution in [3.05, 3.63) is 59.2 Å². The number of sulfonamides is 1. The van der Waals surface area contributed by atoms with Gasteiger partial charge in [-0.25, -0.2) is 8.42 Å². The molecule has 1 N–H and O–H groups in total. The Morgan fingerprint density at radius 2 is 1.88 bits per heavy atom. The number of nitrogens with one attached hydrogen (secondary N) is 1. The molecule has 1 amide bonds. The predicted octanol–water partition coefficient (Wildman–Crippen LogP) is 3.09. The molecule has 0 atom stereocenters. The summed E-state index contributed by atoms with van der Waals surface area (Å²) in [6.07, 6.45) is 0.207. The van der Waals surface area contributed by atoms with E-state index in [1.165, 1.54) is 4.90 Å². The van der Waals surface area contributed by atoms with E-state index in [9.17, 15) is 13.2 Å². The van der Waals surface area contributed by atoms with Gasteiger partial charge in [-0.1, -0.05) is 24.3 Å². The minimum Gasteiger partial charge on any atom is -0.341 e. The first-order valence-electron chi connectivity index (χ1n) is 8.08. The molecule has 0 saturated heterocycles. The van der Waals surface area contributed by atoms with Crippen molar-refractivity contribution in [2.45, 2.75) is 25.2 Å². The average molecular weight is 371 g/mol. The van der Waals surface area contributed by atoms with Gasteiger partial charge < -0.3 is 4.90 Å². The Bertz CT molecular complexity index is 962. The molecule has 0 aliphatic heterocycles. The number of para-hydroxylation sites is 1. The van der Waals surface area contributed by atoms with Crippen LogP contribution >= 0.6 is 0 Å². The predicted molar refractivity (Wildman–Crippen MR) is 100 cm³/mol. The molecule has 0 spiro atoms. The standard InChI is InChI=1S/C19H21N3O3S/c1-14-9-10-15(2)18(13-14)26(24,25)21-17-8-5-4-7-16(17)19(23)22(3)12-6-11-20/h4-5,7-10,13,21H,6,12H2,1-3H3. The van der Waals surface area contributed by atoms with Gasteiger partial charge in [-0.3, -0.25) is 9.52 Å². The van der Waals surface area contributed by atoms with Crippen LogP contribution in [0.25, 0.3) is 0 Å². The Morgan fingerprint density at radius 3 is 2.58 bits per heavy atom. The first-order chi connectivity index (χ1) is 12.3. The molecule has 0 fully saturated rings. The second kappa shape index (κ2) is 8.02. The molecule has 26 heavy (non-hydrogen) atoms. The summed E-state index contributed by atoms with van der Waals surface area (Å²) in [5.41, 5.74) is 1.90. The summed E-state index contributed by atoms with van der Waals surface area (Å²) in [6, 6.07) is 13.6. The number of benzene rings is 2. The number of hydrogen-bond acceptors (Lipinski definition) is 4. The number of rotatable bonds is 6. The lowest BCUT2D eigenvalue weighted by molar-refractivity contribution is 0.0799. The van der Waals surface area contributed by atoms with E-state index in [0.29, 0.717) is 5.56 Å². The Kier molecular flexibility index (Phi) is 6.01. The fraction of sp³-hybridized carbons (Fsp3) is 0.263. The lowest BCUT2D eigenvalue weighted by Gasteiger charge is -2.19. The summed E-state index contributed by atoms with van der Waals surface area (Å²) in [5.74, 6) is -0.348. The summed E-state index contributed by atoms with van der Waals surface area (Å²) in [5, 5.41) is 8.67. The Morgan fingerprint density at radius 1 is 1.19 bits per heavy atom. The first-order valence-corrected chi connectivity index (χ1v) is 9.56. The van der Waals surface area contributed by atoms with Crippen LogP contribution in [0.3, 0.4) is 0 Å². The summed E-state index contributed by atoms with van der Waals surface area (Å²) < 4.78 is 28.1. The van der Waals surface area contributed by atoms with Gasteiger partial charge >= 0.3 is 0 Å². The van der Waals surface area contributed by atoms with Gasteiger partial charge in [0, 0.05) is 13.6 Å². The van der Waals surface area contributed by atoms with E-state index >= 15 is 0 Å². The summed E-state index contributed by atoms with van der Waals surface area (Å²) in [6.45, 7) is 3.81. The summed E-state index contributed by atoms with van der Waals surface area (Å²) in [4.78, 5) is 14.2. The van der Waals surface area contributed by atoms with Gasteiger partial charge in [0.25, 0.3) is 15.9 Å².